The fraction of sp³-hybridized carbons (Fsp3) is 0.333. The number of nitro groups is 1. The van der Waals surface area contributed by atoms with Gasteiger partial charge >= 0.3 is 6.18 Å². The minimum absolute atomic E-state index is 0.100. The Morgan fingerprint density at radius 3 is 2.09 bits per heavy atom. The molecule has 1 saturated heterocycles. The number of imide groups is 1. The largest absolute Gasteiger partial charge is 0.416 e. The summed E-state index contributed by atoms with van der Waals surface area (Å²) in [6.45, 7) is 3.81. The van der Waals surface area contributed by atoms with E-state index in [1.807, 2.05) is 0 Å². The topological polar surface area (TPSA) is 87.0 Å². The standard InChI is InChI=1S/C21H21F3N4O4/c1-14(29)27(15(2)30)18-6-7-19(20(13-18)28(31)32)26-10-8-25(9-11-26)17-5-3-4-16(12-17)21(22,23)24/h3-7,12-13H,8-11H2,1-2H3. The van der Waals surface area contributed by atoms with Gasteiger partial charge in [0.05, 0.1) is 16.2 Å². The molecular formula is C21H21F3N4O4. The maximum Gasteiger partial charge on any atom is 0.416 e. The fourth-order valence-electron chi connectivity index (χ4n) is 3.73. The van der Waals surface area contributed by atoms with Crippen LogP contribution in [0.4, 0.5) is 35.9 Å². The second-order valence-electron chi connectivity index (χ2n) is 7.33. The van der Waals surface area contributed by atoms with E-state index < -0.39 is 28.5 Å². The van der Waals surface area contributed by atoms with E-state index in [1.165, 1.54) is 38.1 Å². The van der Waals surface area contributed by atoms with Gasteiger partial charge in [0.2, 0.25) is 11.8 Å². The molecule has 1 aliphatic rings. The van der Waals surface area contributed by atoms with Gasteiger partial charge in [-0.3, -0.25) is 24.6 Å². The summed E-state index contributed by atoms with van der Waals surface area (Å²) in [5, 5.41) is 11.7. The number of anilines is 3. The van der Waals surface area contributed by atoms with E-state index in [2.05, 4.69) is 0 Å². The predicted molar refractivity (Wildman–Crippen MR) is 113 cm³/mol. The molecule has 0 spiro atoms. The molecule has 1 aliphatic heterocycles. The Balaban J connectivity index is 1.81. The molecule has 0 radical (unpaired) electrons. The molecular weight excluding hydrogens is 429 g/mol. The minimum Gasteiger partial charge on any atom is -0.368 e. The highest BCUT2D eigenvalue weighted by atomic mass is 19.4. The van der Waals surface area contributed by atoms with Gasteiger partial charge in [-0.05, 0) is 30.3 Å². The number of rotatable bonds is 4. The first-order chi connectivity index (χ1) is 15.0. The zero-order valence-corrected chi connectivity index (χ0v) is 17.4. The van der Waals surface area contributed by atoms with Crippen molar-refractivity contribution in [2.45, 2.75) is 20.0 Å². The number of alkyl halides is 3. The van der Waals surface area contributed by atoms with Gasteiger partial charge in [0, 0.05) is 51.8 Å². The second kappa shape index (κ2) is 8.85. The number of amides is 2. The smallest absolute Gasteiger partial charge is 0.368 e. The minimum atomic E-state index is -4.44. The quantitative estimate of drug-likeness (QED) is 0.520. The lowest BCUT2D eigenvalue weighted by molar-refractivity contribution is -0.384. The van der Waals surface area contributed by atoms with Gasteiger partial charge in [0.25, 0.3) is 5.69 Å². The van der Waals surface area contributed by atoms with Crippen LogP contribution in [0.2, 0.25) is 0 Å². The normalized spacial score (nSPS) is 14.3. The number of carbonyl (C=O) groups excluding carboxylic acids is 2. The summed E-state index contributed by atoms with van der Waals surface area (Å²) in [7, 11) is 0. The van der Waals surface area contributed by atoms with Crippen LogP contribution in [0.3, 0.4) is 0 Å². The molecule has 0 N–H and O–H groups in total. The van der Waals surface area contributed by atoms with Gasteiger partial charge in [-0.2, -0.15) is 13.2 Å². The number of halogens is 3. The average Bonchev–Trinajstić information content (AvgIpc) is 2.73. The third kappa shape index (κ3) is 4.82. The molecule has 1 fully saturated rings. The average molecular weight is 450 g/mol. The van der Waals surface area contributed by atoms with Crippen molar-refractivity contribution < 1.29 is 27.7 Å². The summed E-state index contributed by atoms with van der Waals surface area (Å²) < 4.78 is 39.0. The molecule has 11 heteroatoms. The van der Waals surface area contributed by atoms with Crippen molar-refractivity contribution >= 4 is 34.6 Å². The third-order valence-corrected chi connectivity index (χ3v) is 5.20. The van der Waals surface area contributed by atoms with E-state index in [0.29, 0.717) is 37.6 Å². The number of piperazine rings is 1. The molecule has 3 rings (SSSR count). The highest BCUT2D eigenvalue weighted by Gasteiger charge is 2.31. The Hall–Kier alpha value is -3.63. The number of hydrogen-bond acceptors (Lipinski definition) is 6. The van der Waals surface area contributed by atoms with E-state index in [-0.39, 0.29) is 11.4 Å². The van der Waals surface area contributed by atoms with E-state index in [4.69, 9.17) is 0 Å². The van der Waals surface area contributed by atoms with Gasteiger partial charge in [-0.1, -0.05) is 6.07 Å². The first-order valence-corrected chi connectivity index (χ1v) is 9.76. The maximum absolute atomic E-state index is 13.0. The Bertz CT molecular complexity index is 1040. The van der Waals surface area contributed by atoms with Gasteiger partial charge in [0.1, 0.15) is 5.69 Å². The van der Waals surface area contributed by atoms with Crippen LogP contribution >= 0.6 is 0 Å². The summed E-state index contributed by atoms with van der Waals surface area (Å²) in [5.41, 5.74) is -0.146. The zero-order chi connectivity index (χ0) is 23.6. The maximum atomic E-state index is 13.0. The van der Waals surface area contributed by atoms with E-state index in [9.17, 15) is 32.9 Å². The van der Waals surface area contributed by atoms with Crippen LogP contribution in [-0.4, -0.2) is 42.9 Å². The molecule has 0 bridgehead atoms. The predicted octanol–water partition coefficient (Wildman–Crippen LogP) is 3.84. The zero-order valence-electron chi connectivity index (χ0n) is 17.4. The van der Waals surface area contributed by atoms with E-state index >= 15 is 0 Å². The molecule has 2 aromatic carbocycles. The monoisotopic (exact) mass is 450 g/mol. The van der Waals surface area contributed by atoms with Crippen LogP contribution in [0, 0.1) is 10.1 Å². The van der Waals surface area contributed by atoms with Gasteiger partial charge < -0.3 is 9.80 Å². The van der Waals surface area contributed by atoms with Gasteiger partial charge in [-0.15, -0.1) is 0 Å². The third-order valence-electron chi connectivity index (χ3n) is 5.20. The van der Waals surface area contributed by atoms with Crippen molar-refractivity contribution in [3.63, 3.8) is 0 Å². The van der Waals surface area contributed by atoms with Gasteiger partial charge in [-0.25, -0.2) is 0 Å². The van der Waals surface area contributed by atoms with E-state index in [0.717, 1.165) is 17.0 Å². The first-order valence-electron chi connectivity index (χ1n) is 9.76. The summed E-state index contributed by atoms with van der Waals surface area (Å²) in [5.74, 6) is -1.12. The van der Waals surface area contributed by atoms with E-state index in [1.54, 1.807) is 15.9 Å². The summed E-state index contributed by atoms with van der Waals surface area (Å²) in [6, 6.07) is 9.17. The summed E-state index contributed by atoms with van der Waals surface area (Å²) in [4.78, 5) is 39.0. The molecule has 0 unspecified atom stereocenters. The Kier molecular flexibility index (Phi) is 6.37. The summed E-state index contributed by atoms with van der Waals surface area (Å²) in [6.07, 6.45) is -4.44. The lowest BCUT2D eigenvalue weighted by Crippen LogP contribution is -2.46. The number of nitro benzene ring substituents is 1. The highest BCUT2D eigenvalue weighted by Crippen LogP contribution is 2.35. The molecule has 32 heavy (non-hydrogen) atoms. The van der Waals surface area contributed by atoms with Crippen molar-refractivity contribution in [2.24, 2.45) is 0 Å². The number of nitrogens with zero attached hydrogens (tertiary/aromatic N) is 4. The molecule has 2 amide bonds. The van der Waals surface area contributed by atoms with Crippen molar-refractivity contribution in [3.8, 4) is 0 Å². The Labute approximate surface area is 182 Å². The van der Waals surface area contributed by atoms with Crippen LogP contribution < -0.4 is 14.7 Å². The van der Waals surface area contributed by atoms with Crippen LogP contribution in [0.25, 0.3) is 0 Å². The molecule has 1 heterocycles. The highest BCUT2D eigenvalue weighted by molar-refractivity contribution is 6.13. The number of hydrogen-bond donors (Lipinski definition) is 0. The molecule has 0 saturated carbocycles. The van der Waals surface area contributed by atoms with Crippen LogP contribution in [0.15, 0.2) is 42.5 Å². The SMILES string of the molecule is CC(=O)N(C(C)=O)c1ccc(N2CCN(c3cccc(C(F)(F)F)c3)CC2)c([N+](=O)[O-])c1. The lowest BCUT2D eigenvalue weighted by atomic mass is 10.1. The van der Waals surface area contributed by atoms with Crippen LogP contribution in [-0.2, 0) is 15.8 Å². The number of benzene rings is 2. The molecule has 0 atom stereocenters. The first kappa shape index (κ1) is 23.0. The summed E-state index contributed by atoms with van der Waals surface area (Å²) >= 11 is 0. The molecule has 0 aliphatic carbocycles. The van der Waals surface area contributed by atoms with Crippen molar-refractivity contribution in [3.05, 3.63) is 58.1 Å². The molecule has 0 aromatic heterocycles. The van der Waals surface area contributed by atoms with Crippen molar-refractivity contribution in [1.82, 2.24) is 0 Å². The van der Waals surface area contributed by atoms with Gasteiger partial charge in [0.15, 0.2) is 0 Å². The Morgan fingerprint density at radius 2 is 1.56 bits per heavy atom. The van der Waals surface area contributed by atoms with Crippen LogP contribution in [0.1, 0.15) is 19.4 Å². The van der Waals surface area contributed by atoms with Crippen molar-refractivity contribution in [1.29, 1.82) is 0 Å². The van der Waals surface area contributed by atoms with Crippen LogP contribution in [0.5, 0.6) is 0 Å². The fourth-order valence-corrected chi connectivity index (χ4v) is 3.73. The molecule has 170 valence electrons. The number of carbonyl (C=O) groups is 2. The van der Waals surface area contributed by atoms with Crippen molar-refractivity contribution in [2.75, 3.05) is 40.9 Å². The molecule has 2 aromatic rings. The lowest BCUT2D eigenvalue weighted by Gasteiger charge is -2.37. The Morgan fingerprint density at radius 1 is 0.969 bits per heavy atom. The second-order valence-corrected chi connectivity index (χ2v) is 7.33. The molecule has 8 nitrogen and oxygen atoms in total.